The summed E-state index contributed by atoms with van der Waals surface area (Å²) < 4.78 is 5.06. The van der Waals surface area contributed by atoms with Crippen LogP contribution >= 0.6 is 11.6 Å². The first-order valence-corrected chi connectivity index (χ1v) is 10.0. The first-order chi connectivity index (χ1) is 14.7. The second kappa shape index (κ2) is 9.61. The predicted molar refractivity (Wildman–Crippen MR) is 114 cm³/mol. The summed E-state index contributed by atoms with van der Waals surface area (Å²) in [4.78, 5) is 49.0. The van der Waals surface area contributed by atoms with Gasteiger partial charge in [-0.05, 0) is 43.2 Å². The summed E-state index contributed by atoms with van der Waals surface area (Å²) in [6.45, 7) is 3.08. The van der Waals surface area contributed by atoms with E-state index in [4.69, 9.17) is 16.3 Å². The number of hydrogen-bond acceptors (Lipinski definition) is 5. The van der Waals surface area contributed by atoms with E-state index in [1.165, 1.54) is 0 Å². The number of halogens is 1. The van der Waals surface area contributed by atoms with Gasteiger partial charge in [0, 0.05) is 22.7 Å². The van der Waals surface area contributed by atoms with E-state index in [2.05, 4.69) is 10.7 Å². The quantitative estimate of drug-likeness (QED) is 0.668. The van der Waals surface area contributed by atoms with E-state index in [0.717, 1.165) is 16.1 Å². The standard InChI is InChI=1S/C22H22ClN3O5/c1-13-5-3-4-6-17(13)21(29)25-26-11-15(9-20(26)28)22(30)31-12-19(27)24-18-10-16(23)8-7-14(18)2/h3-8,10,15H,9,11-12H2,1-2H3,(H,24,27)(H,25,29)/t15-/m0/s1. The van der Waals surface area contributed by atoms with Gasteiger partial charge in [-0.15, -0.1) is 0 Å². The molecule has 0 radical (unpaired) electrons. The number of anilines is 1. The van der Waals surface area contributed by atoms with Crippen LogP contribution in [0.5, 0.6) is 0 Å². The van der Waals surface area contributed by atoms with Gasteiger partial charge in [0.1, 0.15) is 0 Å². The van der Waals surface area contributed by atoms with Crippen molar-refractivity contribution in [3.63, 3.8) is 0 Å². The van der Waals surface area contributed by atoms with Crippen LogP contribution in [-0.2, 0) is 19.1 Å². The molecular weight excluding hydrogens is 422 g/mol. The van der Waals surface area contributed by atoms with Crippen LogP contribution in [0.4, 0.5) is 5.69 Å². The van der Waals surface area contributed by atoms with Crippen LogP contribution in [0.25, 0.3) is 0 Å². The van der Waals surface area contributed by atoms with Gasteiger partial charge in [0.05, 0.1) is 12.5 Å². The Balaban J connectivity index is 1.51. The first kappa shape index (κ1) is 22.3. The largest absolute Gasteiger partial charge is 0.455 e. The van der Waals surface area contributed by atoms with Crippen molar-refractivity contribution in [2.75, 3.05) is 18.5 Å². The molecule has 0 bridgehead atoms. The Morgan fingerprint density at radius 1 is 1.13 bits per heavy atom. The van der Waals surface area contributed by atoms with Crippen molar-refractivity contribution in [1.82, 2.24) is 10.4 Å². The molecule has 31 heavy (non-hydrogen) atoms. The molecule has 0 unspecified atom stereocenters. The number of rotatable bonds is 6. The number of carbonyl (C=O) groups excluding carboxylic acids is 4. The van der Waals surface area contributed by atoms with E-state index in [1.54, 1.807) is 43.3 Å². The second-order valence-corrected chi connectivity index (χ2v) is 7.71. The Hall–Kier alpha value is -3.39. The number of amides is 3. The van der Waals surface area contributed by atoms with Gasteiger partial charge in [-0.3, -0.25) is 29.6 Å². The number of carbonyl (C=O) groups is 4. The molecule has 1 aliphatic rings. The van der Waals surface area contributed by atoms with Gasteiger partial charge in [-0.25, -0.2) is 0 Å². The van der Waals surface area contributed by atoms with Crippen LogP contribution < -0.4 is 10.7 Å². The fourth-order valence-electron chi connectivity index (χ4n) is 3.15. The minimum atomic E-state index is -0.773. The molecule has 3 rings (SSSR count). The molecule has 3 amide bonds. The first-order valence-electron chi connectivity index (χ1n) is 9.64. The summed E-state index contributed by atoms with van der Waals surface area (Å²) in [6.07, 6.45) is -0.109. The van der Waals surface area contributed by atoms with Gasteiger partial charge in [0.25, 0.3) is 11.8 Å². The zero-order chi connectivity index (χ0) is 22.5. The lowest BCUT2D eigenvalue weighted by Crippen LogP contribution is -2.43. The monoisotopic (exact) mass is 443 g/mol. The minimum absolute atomic E-state index is 0.0235. The number of nitrogens with zero attached hydrogens (tertiary/aromatic N) is 1. The maximum absolute atomic E-state index is 12.4. The molecule has 0 spiro atoms. The second-order valence-electron chi connectivity index (χ2n) is 7.28. The van der Waals surface area contributed by atoms with Crippen LogP contribution in [0.2, 0.25) is 5.02 Å². The SMILES string of the molecule is Cc1ccc(Cl)cc1NC(=O)COC(=O)[C@H]1CC(=O)N(NC(=O)c2ccccc2C)C1. The fraction of sp³-hybridized carbons (Fsp3) is 0.273. The fourth-order valence-corrected chi connectivity index (χ4v) is 3.33. The van der Waals surface area contributed by atoms with E-state index < -0.39 is 36.2 Å². The molecule has 1 heterocycles. The van der Waals surface area contributed by atoms with Crippen molar-refractivity contribution in [3.8, 4) is 0 Å². The van der Waals surface area contributed by atoms with Gasteiger partial charge in [-0.2, -0.15) is 0 Å². The number of aryl methyl sites for hydroxylation is 2. The normalized spacial score (nSPS) is 15.5. The molecule has 9 heteroatoms. The highest BCUT2D eigenvalue weighted by Gasteiger charge is 2.36. The molecule has 2 aromatic rings. The highest BCUT2D eigenvalue weighted by molar-refractivity contribution is 6.31. The molecule has 2 N–H and O–H groups in total. The number of esters is 1. The minimum Gasteiger partial charge on any atom is -0.455 e. The lowest BCUT2D eigenvalue weighted by Gasteiger charge is -2.18. The molecule has 162 valence electrons. The molecule has 8 nitrogen and oxygen atoms in total. The average Bonchev–Trinajstić information content (AvgIpc) is 3.09. The van der Waals surface area contributed by atoms with Crippen LogP contribution in [0.1, 0.15) is 27.9 Å². The lowest BCUT2D eigenvalue weighted by atomic mass is 10.1. The van der Waals surface area contributed by atoms with Crippen LogP contribution in [0.15, 0.2) is 42.5 Å². The van der Waals surface area contributed by atoms with Gasteiger partial charge in [0.15, 0.2) is 6.61 Å². The van der Waals surface area contributed by atoms with E-state index >= 15 is 0 Å². The topological polar surface area (TPSA) is 105 Å². The van der Waals surface area contributed by atoms with E-state index in [-0.39, 0.29) is 13.0 Å². The molecule has 2 aromatic carbocycles. The van der Waals surface area contributed by atoms with Crippen molar-refractivity contribution in [2.24, 2.45) is 5.92 Å². The Morgan fingerprint density at radius 2 is 1.87 bits per heavy atom. The number of hydrazine groups is 1. The Bertz CT molecular complexity index is 1040. The number of nitrogens with one attached hydrogen (secondary N) is 2. The lowest BCUT2D eigenvalue weighted by molar-refractivity contribution is -0.151. The Kier molecular flexibility index (Phi) is 6.91. The molecule has 1 saturated heterocycles. The zero-order valence-corrected chi connectivity index (χ0v) is 17.9. The molecular formula is C22H22ClN3O5. The van der Waals surface area contributed by atoms with Crippen molar-refractivity contribution in [2.45, 2.75) is 20.3 Å². The Labute approximate surface area is 184 Å². The molecule has 0 saturated carbocycles. The van der Waals surface area contributed by atoms with E-state index in [0.29, 0.717) is 16.3 Å². The van der Waals surface area contributed by atoms with Gasteiger partial charge < -0.3 is 10.1 Å². The van der Waals surface area contributed by atoms with Gasteiger partial charge in [0.2, 0.25) is 5.91 Å². The van der Waals surface area contributed by atoms with E-state index in [9.17, 15) is 19.2 Å². The van der Waals surface area contributed by atoms with Crippen LogP contribution in [-0.4, -0.2) is 41.9 Å². The van der Waals surface area contributed by atoms with Gasteiger partial charge in [-0.1, -0.05) is 35.9 Å². The molecule has 1 atom stereocenters. The molecule has 1 fully saturated rings. The van der Waals surface area contributed by atoms with Crippen molar-refractivity contribution < 1.29 is 23.9 Å². The molecule has 0 aromatic heterocycles. The van der Waals surface area contributed by atoms with Crippen molar-refractivity contribution in [3.05, 3.63) is 64.2 Å². The van der Waals surface area contributed by atoms with Crippen molar-refractivity contribution >= 4 is 41.0 Å². The smallest absolute Gasteiger partial charge is 0.311 e. The molecule has 1 aliphatic heterocycles. The summed E-state index contributed by atoms with van der Waals surface area (Å²) in [6, 6.07) is 12.0. The maximum atomic E-state index is 12.4. The summed E-state index contributed by atoms with van der Waals surface area (Å²) in [5.41, 5.74) is 5.06. The van der Waals surface area contributed by atoms with E-state index in [1.807, 2.05) is 13.0 Å². The highest BCUT2D eigenvalue weighted by atomic mass is 35.5. The highest BCUT2D eigenvalue weighted by Crippen LogP contribution is 2.21. The summed E-state index contributed by atoms with van der Waals surface area (Å²) in [5, 5.41) is 4.20. The Morgan fingerprint density at radius 3 is 2.61 bits per heavy atom. The van der Waals surface area contributed by atoms with Crippen LogP contribution in [0.3, 0.4) is 0 Å². The summed E-state index contributed by atoms with van der Waals surface area (Å²) in [5.74, 6) is -2.81. The predicted octanol–water partition coefficient (Wildman–Crippen LogP) is 2.63. The summed E-state index contributed by atoms with van der Waals surface area (Å²) >= 11 is 5.92. The number of hydrogen-bond donors (Lipinski definition) is 2. The van der Waals surface area contributed by atoms with Crippen molar-refractivity contribution in [1.29, 1.82) is 0 Å². The number of ether oxygens (including phenoxy) is 1. The molecule has 0 aliphatic carbocycles. The third-order valence-electron chi connectivity index (χ3n) is 4.90. The van der Waals surface area contributed by atoms with Crippen LogP contribution in [0, 0.1) is 19.8 Å². The third kappa shape index (κ3) is 5.61. The summed E-state index contributed by atoms with van der Waals surface area (Å²) in [7, 11) is 0. The maximum Gasteiger partial charge on any atom is 0.311 e. The van der Waals surface area contributed by atoms with Gasteiger partial charge >= 0.3 is 5.97 Å². The zero-order valence-electron chi connectivity index (χ0n) is 17.1. The average molecular weight is 444 g/mol. The third-order valence-corrected chi connectivity index (χ3v) is 5.14. The number of benzene rings is 2.